The lowest BCUT2D eigenvalue weighted by molar-refractivity contribution is -0.125. The molecule has 1 saturated heterocycles. The molecule has 15 heteroatoms. The first-order valence-corrected chi connectivity index (χ1v) is 18.2. The van der Waals surface area contributed by atoms with Crippen LogP contribution in [0.4, 0.5) is 11.6 Å². The molecule has 2 aromatic heterocycles. The minimum absolute atomic E-state index is 0.0711. The number of piperazine rings is 1. The fraction of sp³-hybridized carbons (Fsp3) is 0.342. The number of carbonyl (C=O) groups excluding carboxylic acids is 4. The van der Waals surface area contributed by atoms with E-state index in [4.69, 9.17) is 23.2 Å². The molecule has 0 spiro atoms. The van der Waals surface area contributed by atoms with Crippen molar-refractivity contribution >= 4 is 58.5 Å². The van der Waals surface area contributed by atoms with Gasteiger partial charge in [0.05, 0.1) is 34.7 Å². The Hall–Kier alpha value is -5.29. The Morgan fingerprint density at radius 1 is 0.943 bits per heavy atom. The third-order valence-corrected chi connectivity index (χ3v) is 11.0. The molecule has 2 aliphatic heterocycles. The summed E-state index contributed by atoms with van der Waals surface area (Å²) in [5.74, 6) is -1.14. The summed E-state index contributed by atoms with van der Waals surface area (Å²) in [7, 11) is 0. The van der Waals surface area contributed by atoms with Gasteiger partial charge in [0.1, 0.15) is 16.8 Å². The summed E-state index contributed by atoms with van der Waals surface area (Å²) in [5.41, 5.74) is -0.388. The molecule has 270 valence electrons. The lowest BCUT2D eigenvalue weighted by Gasteiger charge is -2.28. The fourth-order valence-electron chi connectivity index (χ4n) is 7.32. The molecule has 0 unspecified atom stereocenters. The normalized spacial score (nSPS) is 20.7. The maximum absolute atomic E-state index is 14.4. The van der Waals surface area contributed by atoms with Crippen LogP contribution >= 0.6 is 23.2 Å². The maximum atomic E-state index is 14.4. The molecule has 4 aromatic rings. The molecule has 13 nitrogen and oxygen atoms in total. The van der Waals surface area contributed by atoms with Crippen LogP contribution in [0.25, 0.3) is 0 Å². The summed E-state index contributed by atoms with van der Waals surface area (Å²) >= 11 is 12.7. The van der Waals surface area contributed by atoms with Gasteiger partial charge < -0.3 is 20.9 Å². The number of hydrogen-bond acceptors (Lipinski definition) is 8. The molecule has 8 rings (SSSR count). The van der Waals surface area contributed by atoms with E-state index in [1.54, 1.807) is 72.3 Å². The van der Waals surface area contributed by atoms with Crippen molar-refractivity contribution in [3.05, 3.63) is 105 Å². The second kappa shape index (κ2) is 13.0. The van der Waals surface area contributed by atoms with Gasteiger partial charge in [-0.2, -0.15) is 5.26 Å². The molecule has 0 bridgehead atoms. The summed E-state index contributed by atoms with van der Waals surface area (Å²) in [6.45, 7) is 4.45. The van der Waals surface area contributed by atoms with Crippen molar-refractivity contribution in [3.63, 3.8) is 0 Å². The van der Waals surface area contributed by atoms with E-state index in [2.05, 4.69) is 32.0 Å². The molecule has 3 N–H and O–H groups in total. The Morgan fingerprint density at radius 2 is 1.64 bits per heavy atom. The Bertz CT molecular complexity index is 2200. The van der Waals surface area contributed by atoms with E-state index in [-0.39, 0.29) is 35.8 Å². The van der Waals surface area contributed by atoms with Crippen molar-refractivity contribution in [3.8, 4) is 6.07 Å². The summed E-state index contributed by atoms with van der Waals surface area (Å²) < 4.78 is 1.60. The van der Waals surface area contributed by atoms with Crippen LogP contribution in [0.3, 0.4) is 0 Å². The van der Waals surface area contributed by atoms with Crippen LogP contribution in [0.2, 0.25) is 10.0 Å². The smallest absolute Gasteiger partial charge is 0.270 e. The van der Waals surface area contributed by atoms with Crippen molar-refractivity contribution < 1.29 is 19.2 Å². The molecule has 4 heterocycles. The zero-order chi connectivity index (χ0) is 37.1. The molecule has 1 atom stereocenters. The van der Waals surface area contributed by atoms with Gasteiger partial charge in [0.15, 0.2) is 0 Å². The lowest BCUT2D eigenvalue weighted by Crippen LogP contribution is -2.52. The van der Waals surface area contributed by atoms with E-state index in [0.29, 0.717) is 71.3 Å². The van der Waals surface area contributed by atoms with Gasteiger partial charge in [-0.05, 0) is 80.6 Å². The quantitative estimate of drug-likeness (QED) is 0.229. The van der Waals surface area contributed by atoms with Crippen molar-refractivity contribution in [2.24, 2.45) is 0 Å². The topological polar surface area (TPSA) is 165 Å². The summed E-state index contributed by atoms with van der Waals surface area (Å²) in [4.78, 5) is 68.1. The highest BCUT2D eigenvalue weighted by Gasteiger charge is 2.57. The molecular formula is C38H35Cl2N9O4. The number of pyridine rings is 1. The number of fused-ring (bicyclic) bond motifs is 1. The summed E-state index contributed by atoms with van der Waals surface area (Å²) in [6, 6.07) is 17.2. The van der Waals surface area contributed by atoms with Gasteiger partial charge in [-0.25, -0.2) is 9.88 Å². The number of aromatic nitrogens is 3. The highest BCUT2D eigenvalue weighted by atomic mass is 35.5. The molecule has 2 saturated carbocycles. The zero-order valence-electron chi connectivity index (χ0n) is 28.8. The fourth-order valence-corrected chi connectivity index (χ4v) is 7.84. The number of carbonyl (C=O) groups is 4. The largest absolute Gasteiger partial charge is 0.343 e. The van der Waals surface area contributed by atoms with Crippen LogP contribution in [-0.4, -0.2) is 74.8 Å². The number of amides is 4. The average Bonchev–Trinajstić information content (AvgIpc) is 4.06. The third kappa shape index (κ3) is 6.20. The van der Waals surface area contributed by atoms with Crippen molar-refractivity contribution in [1.82, 2.24) is 35.4 Å². The van der Waals surface area contributed by atoms with Crippen LogP contribution in [0.1, 0.15) is 70.3 Å². The first-order chi connectivity index (χ1) is 25.4. The van der Waals surface area contributed by atoms with Crippen LogP contribution in [0.5, 0.6) is 0 Å². The van der Waals surface area contributed by atoms with Gasteiger partial charge >= 0.3 is 0 Å². The molecule has 4 aliphatic rings. The third-order valence-electron chi connectivity index (χ3n) is 10.6. The molecule has 2 aliphatic carbocycles. The summed E-state index contributed by atoms with van der Waals surface area (Å²) in [6.07, 6.45) is 5.31. The SMILES string of the molecule is C[C@@]1(Cc2ccc(C#N)cc2)C(=O)N(c2cc(Cl)cc(Cl)c2)c2ncc(C(=O)NC3(C(=O)NC4(c5cc(C(=O)N6CCNCC6)ccn5)CC4)CC3)n21. The second-order valence-electron chi connectivity index (χ2n) is 14.4. The van der Waals surface area contributed by atoms with Crippen molar-refractivity contribution in [2.45, 2.75) is 55.6 Å². The van der Waals surface area contributed by atoms with Crippen LogP contribution in [-0.2, 0) is 27.1 Å². The Balaban J connectivity index is 1.06. The molecule has 53 heavy (non-hydrogen) atoms. The molecule has 0 radical (unpaired) electrons. The molecular weight excluding hydrogens is 717 g/mol. The van der Waals surface area contributed by atoms with Crippen LogP contribution in [0, 0.1) is 11.3 Å². The van der Waals surface area contributed by atoms with E-state index in [1.807, 2.05) is 4.90 Å². The van der Waals surface area contributed by atoms with E-state index in [9.17, 15) is 24.4 Å². The van der Waals surface area contributed by atoms with Gasteiger partial charge in [-0.15, -0.1) is 0 Å². The number of benzene rings is 2. The molecule has 3 fully saturated rings. The van der Waals surface area contributed by atoms with Gasteiger partial charge in [0, 0.05) is 54.4 Å². The van der Waals surface area contributed by atoms with Gasteiger partial charge in [0.25, 0.3) is 17.7 Å². The van der Waals surface area contributed by atoms with E-state index < -0.39 is 22.5 Å². The van der Waals surface area contributed by atoms with E-state index >= 15 is 0 Å². The first-order valence-electron chi connectivity index (χ1n) is 17.4. The predicted octanol–water partition coefficient (Wildman–Crippen LogP) is 4.21. The molecule has 2 aromatic carbocycles. The van der Waals surface area contributed by atoms with Crippen LogP contribution < -0.4 is 20.9 Å². The Kier molecular flexibility index (Phi) is 8.52. The highest BCUT2D eigenvalue weighted by molar-refractivity contribution is 6.35. The number of rotatable bonds is 9. The first kappa shape index (κ1) is 34.8. The Morgan fingerprint density at radius 3 is 2.28 bits per heavy atom. The van der Waals surface area contributed by atoms with Gasteiger partial charge in [-0.1, -0.05) is 35.3 Å². The maximum Gasteiger partial charge on any atom is 0.270 e. The number of nitriles is 1. The lowest BCUT2D eigenvalue weighted by atomic mass is 9.91. The monoisotopic (exact) mass is 751 g/mol. The standard InChI is InChI=1S/C38H35Cl2N9O4/c1-36(20-23-2-4-24(21-41)5-3-23)34(53)48(28-18-26(39)17-27(40)19-28)35-44-22-29(49(35)36)31(50)45-38(9-10-38)33(52)46-37(7-8-37)30-16-25(6-11-43-30)32(51)47-14-12-42-13-15-47/h2-6,11,16-19,22,42H,7-10,12-15,20H2,1H3,(H,45,50)(H,46,52)/t36-/m1/s1. The Labute approximate surface area is 315 Å². The van der Waals surface area contributed by atoms with Crippen molar-refractivity contribution in [1.29, 1.82) is 5.26 Å². The van der Waals surface area contributed by atoms with Gasteiger partial charge in [0.2, 0.25) is 11.9 Å². The molecule has 4 amide bonds. The number of imidazole rings is 1. The zero-order valence-corrected chi connectivity index (χ0v) is 30.3. The summed E-state index contributed by atoms with van der Waals surface area (Å²) in [5, 5.41) is 19.3. The van der Waals surface area contributed by atoms with Crippen molar-refractivity contribution in [2.75, 3.05) is 31.1 Å². The number of halogens is 2. The number of nitrogens with zero attached hydrogens (tertiary/aromatic N) is 6. The highest BCUT2D eigenvalue weighted by Crippen LogP contribution is 2.48. The van der Waals surface area contributed by atoms with E-state index in [0.717, 1.165) is 18.7 Å². The van der Waals surface area contributed by atoms with Crippen LogP contribution in [0.15, 0.2) is 67.0 Å². The average molecular weight is 753 g/mol. The van der Waals surface area contributed by atoms with E-state index in [1.165, 1.54) is 11.1 Å². The number of anilines is 2. The minimum Gasteiger partial charge on any atom is -0.343 e. The van der Waals surface area contributed by atoms with Gasteiger partial charge in [-0.3, -0.25) is 28.7 Å². The second-order valence-corrected chi connectivity index (χ2v) is 15.2. The minimum atomic E-state index is -1.34. The number of nitrogens with one attached hydrogen (secondary N) is 3. The predicted molar refractivity (Wildman–Crippen MR) is 196 cm³/mol. The number of hydrogen-bond donors (Lipinski definition) is 3.